The number of Topliss-reactive ketones (excluding diaryl/α,β-unsaturated/α-hetero) is 1. The van der Waals surface area contributed by atoms with Crippen molar-refractivity contribution in [3.63, 3.8) is 0 Å². The van der Waals surface area contributed by atoms with Gasteiger partial charge in [0.2, 0.25) is 0 Å². The van der Waals surface area contributed by atoms with Crippen LogP contribution in [0, 0.1) is 16.7 Å². The van der Waals surface area contributed by atoms with E-state index in [-0.39, 0.29) is 29.7 Å². The van der Waals surface area contributed by atoms with Gasteiger partial charge >= 0.3 is 23.9 Å². The maximum atomic E-state index is 15.5. The summed E-state index contributed by atoms with van der Waals surface area (Å²) in [5.74, 6) is -6.84. The van der Waals surface area contributed by atoms with Crippen LogP contribution < -0.4 is 5.32 Å². The molecule has 4 N–H and O–H groups in total. The van der Waals surface area contributed by atoms with Gasteiger partial charge in [0.05, 0.1) is 41.8 Å². The Hall–Kier alpha value is -5.00. The molecular weight excluding hydrogens is 794 g/mol. The van der Waals surface area contributed by atoms with Crippen LogP contribution in [0.25, 0.3) is 0 Å². The van der Waals surface area contributed by atoms with Gasteiger partial charge in [0.25, 0.3) is 5.91 Å². The highest BCUT2D eigenvalue weighted by Crippen LogP contribution is 2.64. The smallest absolute Gasteiger partial charge is 0.338 e. The van der Waals surface area contributed by atoms with E-state index in [2.05, 4.69) is 5.32 Å². The minimum absolute atomic E-state index is 0.00407. The van der Waals surface area contributed by atoms with E-state index in [9.17, 15) is 39.3 Å². The van der Waals surface area contributed by atoms with Crippen molar-refractivity contribution in [2.45, 2.75) is 134 Å². The molecule has 2 aliphatic heterocycles. The molecule has 3 aliphatic carbocycles. The lowest BCUT2D eigenvalue weighted by molar-refractivity contribution is -0.346. The number of ether oxygens (including phenoxy) is 6. The van der Waals surface area contributed by atoms with Crippen LogP contribution in [0.2, 0.25) is 0 Å². The second-order valence-electron chi connectivity index (χ2n) is 17.9. The van der Waals surface area contributed by atoms with Crippen LogP contribution in [0.4, 0.5) is 0 Å². The Morgan fingerprint density at radius 2 is 1.51 bits per heavy atom. The molecule has 3 unspecified atom stereocenters. The van der Waals surface area contributed by atoms with Crippen LogP contribution >= 0.6 is 0 Å². The molecule has 2 heterocycles. The number of ketones is 1. The van der Waals surface area contributed by atoms with Gasteiger partial charge in [0, 0.05) is 32.1 Å². The van der Waals surface area contributed by atoms with Gasteiger partial charge in [-0.25, -0.2) is 9.59 Å². The molecule has 2 aromatic carbocycles. The molecule has 0 spiro atoms. The lowest BCUT2D eigenvalue weighted by Gasteiger charge is -2.67. The standard InChI is InChI=1S/C45H53NO15/c1-22-28(58-39(53)33(50)32(26-15-11-9-12-16-26)46-40(54)43(8)23(2)60-43)20-45(55)37(59-38(52)27-17-13-10-14-18-27)35-42(7,29(49)19-30-44(35,21-56-30)61-25(4)48)36(51)34(57-24(3)47)31(22)41(45,5)6/h9-18,23,28-30,32-35,37,49-50,55H,19-21H2,1-8H3,(H,46,54)/t23?,28-,29-,30+,32-,33+,34+,35?,37-,42+,43?,44-,45+/m0/s1. The maximum absolute atomic E-state index is 15.5. The van der Waals surface area contributed by atoms with E-state index >= 15 is 4.79 Å². The monoisotopic (exact) mass is 847 g/mol. The summed E-state index contributed by atoms with van der Waals surface area (Å²) in [4.78, 5) is 83.3. The fourth-order valence-corrected chi connectivity index (χ4v) is 10.2. The largest absolute Gasteiger partial charge is 0.456 e. The highest BCUT2D eigenvalue weighted by Gasteiger charge is 2.78. The first-order valence-corrected chi connectivity index (χ1v) is 20.4. The number of benzene rings is 2. The molecule has 7 rings (SSSR count). The Kier molecular flexibility index (Phi) is 11.1. The number of rotatable bonds is 10. The summed E-state index contributed by atoms with van der Waals surface area (Å²) in [6.07, 6.45) is -10.9. The number of esters is 4. The van der Waals surface area contributed by atoms with Crippen molar-refractivity contribution >= 4 is 35.6 Å². The number of amides is 1. The number of hydrogen-bond donors (Lipinski definition) is 4. The highest BCUT2D eigenvalue weighted by molar-refractivity contribution is 5.96. The van der Waals surface area contributed by atoms with Crippen LogP contribution in [0.3, 0.4) is 0 Å². The molecule has 328 valence electrons. The van der Waals surface area contributed by atoms with Gasteiger partial charge < -0.3 is 49.1 Å². The third-order valence-electron chi connectivity index (χ3n) is 14.0. The van der Waals surface area contributed by atoms with E-state index < -0.39 is 124 Å². The summed E-state index contributed by atoms with van der Waals surface area (Å²) < 4.78 is 35.7. The molecule has 4 fully saturated rings. The fourth-order valence-electron chi connectivity index (χ4n) is 10.2. The second-order valence-corrected chi connectivity index (χ2v) is 17.9. The first kappa shape index (κ1) is 44.1. The molecule has 16 nitrogen and oxygen atoms in total. The third kappa shape index (κ3) is 6.96. The van der Waals surface area contributed by atoms with Gasteiger partial charge in [-0.05, 0) is 56.5 Å². The van der Waals surface area contributed by atoms with Crippen LogP contribution in [0.5, 0.6) is 0 Å². The molecule has 61 heavy (non-hydrogen) atoms. The Labute approximate surface area is 352 Å². The minimum atomic E-state index is -2.39. The number of fused-ring (bicyclic) bond motifs is 5. The number of carbonyl (C=O) groups excluding carboxylic acids is 6. The van der Waals surface area contributed by atoms with E-state index in [0.29, 0.717) is 5.56 Å². The molecule has 2 saturated carbocycles. The summed E-state index contributed by atoms with van der Waals surface area (Å²) in [6.45, 7) is 11.2. The second kappa shape index (κ2) is 15.4. The van der Waals surface area contributed by atoms with Crippen LogP contribution in [0.1, 0.15) is 90.2 Å². The van der Waals surface area contributed by atoms with Crippen molar-refractivity contribution in [3.8, 4) is 0 Å². The summed E-state index contributed by atoms with van der Waals surface area (Å²) in [6, 6.07) is 14.7. The van der Waals surface area contributed by atoms with Gasteiger partial charge in [-0.2, -0.15) is 0 Å². The molecule has 2 bridgehead atoms. The van der Waals surface area contributed by atoms with E-state index in [0.717, 1.165) is 13.8 Å². The molecule has 2 saturated heterocycles. The quantitative estimate of drug-likeness (QED) is 0.117. The zero-order valence-electron chi connectivity index (χ0n) is 35.3. The van der Waals surface area contributed by atoms with E-state index in [1.165, 1.54) is 26.0 Å². The third-order valence-corrected chi connectivity index (χ3v) is 14.0. The van der Waals surface area contributed by atoms with Crippen LogP contribution in [0.15, 0.2) is 71.8 Å². The summed E-state index contributed by atoms with van der Waals surface area (Å²) in [5.41, 5.74) is -8.49. The first-order valence-electron chi connectivity index (χ1n) is 20.4. The molecule has 5 aliphatic rings. The number of aliphatic hydroxyl groups is 3. The molecule has 1 amide bonds. The first-order chi connectivity index (χ1) is 28.5. The lowest BCUT2D eigenvalue weighted by atomic mass is 9.44. The van der Waals surface area contributed by atoms with Gasteiger partial charge in [-0.1, -0.05) is 62.4 Å². The Bertz CT molecular complexity index is 2160. The normalized spacial score (nSPS) is 36.8. The van der Waals surface area contributed by atoms with E-state index in [4.69, 9.17) is 28.4 Å². The van der Waals surface area contributed by atoms with Crippen molar-refractivity contribution < 1.29 is 72.5 Å². The van der Waals surface area contributed by atoms with Crippen molar-refractivity contribution in [1.29, 1.82) is 0 Å². The zero-order chi connectivity index (χ0) is 44.6. The summed E-state index contributed by atoms with van der Waals surface area (Å²) in [5, 5.41) is 40.2. The Morgan fingerprint density at radius 3 is 2.05 bits per heavy atom. The number of hydrogen-bond acceptors (Lipinski definition) is 15. The molecule has 0 radical (unpaired) electrons. The van der Waals surface area contributed by atoms with Crippen molar-refractivity contribution in [1.82, 2.24) is 5.32 Å². The Balaban J connectivity index is 1.39. The average molecular weight is 848 g/mol. The fraction of sp³-hybridized carbons (Fsp3) is 0.556. The van der Waals surface area contributed by atoms with E-state index in [1.807, 2.05) is 0 Å². The summed E-state index contributed by atoms with van der Waals surface area (Å²) >= 11 is 0. The van der Waals surface area contributed by atoms with Gasteiger partial charge in [0.1, 0.15) is 23.9 Å². The van der Waals surface area contributed by atoms with Gasteiger partial charge in [0.15, 0.2) is 29.2 Å². The molecule has 2 aromatic rings. The zero-order valence-corrected chi connectivity index (χ0v) is 35.3. The molecule has 16 heteroatoms. The van der Waals surface area contributed by atoms with Crippen molar-refractivity contribution in [2.24, 2.45) is 16.7 Å². The number of nitrogens with one attached hydrogen (secondary N) is 1. The highest BCUT2D eigenvalue weighted by atomic mass is 16.6. The Morgan fingerprint density at radius 1 is 0.902 bits per heavy atom. The van der Waals surface area contributed by atoms with Crippen LogP contribution in [-0.4, -0.2) is 117 Å². The molecular formula is C45H53NO15. The summed E-state index contributed by atoms with van der Waals surface area (Å²) in [7, 11) is 0. The topological polar surface area (TPSA) is 234 Å². The SMILES string of the molecule is CC(=O)O[C@H]1C(=O)[C@@]2(C)C([C@H](OC(=O)c3ccccc3)[C@]3(O)C[C@H](OC(=O)[C@H](O)[C@@H](NC(=O)C4(C)OC4C)c4ccccc4)C(C)=C1C3(C)C)[C@]1(OC(C)=O)CO[C@@H]1C[C@@H]2O. The lowest BCUT2D eigenvalue weighted by Crippen LogP contribution is -2.82. The minimum Gasteiger partial charge on any atom is -0.456 e. The van der Waals surface area contributed by atoms with Crippen molar-refractivity contribution in [3.05, 3.63) is 82.9 Å². The average Bonchev–Trinajstić information content (AvgIpc) is 3.84. The predicted octanol–water partition coefficient (Wildman–Crippen LogP) is 2.60. The maximum Gasteiger partial charge on any atom is 0.338 e. The van der Waals surface area contributed by atoms with Crippen LogP contribution in [-0.2, 0) is 52.4 Å². The van der Waals surface area contributed by atoms with Crippen molar-refractivity contribution in [2.75, 3.05) is 6.61 Å². The number of carbonyl (C=O) groups is 6. The van der Waals surface area contributed by atoms with E-state index in [1.54, 1.807) is 76.2 Å². The van der Waals surface area contributed by atoms with Gasteiger partial charge in [-0.3, -0.25) is 19.2 Å². The van der Waals surface area contributed by atoms with Gasteiger partial charge in [-0.15, -0.1) is 0 Å². The predicted molar refractivity (Wildman–Crippen MR) is 211 cm³/mol. The molecule has 0 aromatic heterocycles. The molecule has 13 atom stereocenters. The number of epoxide rings is 1. The number of aliphatic hydroxyl groups excluding tert-OH is 2.